The van der Waals surface area contributed by atoms with Gasteiger partial charge in [-0.3, -0.25) is 4.98 Å². The van der Waals surface area contributed by atoms with E-state index in [0.29, 0.717) is 23.7 Å². The van der Waals surface area contributed by atoms with Gasteiger partial charge in [0.2, 0.25) is 5.88 Å². The van der Waals surface area contributed by atoms with Gasteiger partial charge >= 0.3 is 0 Å². The maximum atomic E-state index is 9.33. The first kappa shape index (κ1) is 19.8. The first-order valence-electron chi connectivity index (χ1n) is 10.2. The third-order valence-electron chi connectivity index (χ3n) is 5.20. The van der Waals surface area contributed by atoms with Gasteiger partial charge in [0, 0.05) is 48.6 Å². The van der Waals surface area contributed by atoms with E-state index in [1.54, 1.807) is 24.5 Å². The molecular formula is C23H24N6O. The third-order valence-corrected chi connectivity index (χ3v) is 5.20. The highest BCUT2D eigenvalue weighted by Crippen LogP contribution is 2.34. The van der Waals surface area contributed by atoms with Crippen molar-refractivity contribution in [1.29, 1.82) is 5.26 Å². The third kappa shape index (κ3) is 4.56. The number of aromatic nitrogens is 3. The van der Waals surface area contributed by atoms with Crippen LogP contribution in [0.5, 0.6) is 11.6 Å². The molecule has 30 heavy (non-hydrogen) atoms. The molecule has 7 nitrogen and oxygen atoms in total. The lowest BCUT2D eigenvalue weighted by Gasteiger charge is -2.28. The smallest absolute Gasteiger partial charge is 0.240 e. The fourth-order valence-electron chi connectivity index (χ4n) is 3.62. The van der Waals surface area contributed by atoms with Crippen molar-refractivity contribution in [1.82, 2.24) is 15.2 Å². The average molecular weight is 400 g/mol. The largest absolute Gasteiger partial charge is 0.437 e. The van der Waals surface area contributed by atoms with Gasteiger partial charge < -0.3 is 15.4 Å². The van der Waals surface area contributed by atoms with Crippen LogP contribution in [0.15, 0.2) is 48.8 Å². The summed E-state index contributed by atoms with van der Waals surface area (Å²) in [5.74, 6) is 0.953. The van der Waals surface area contributed by atoms with Crippen molar-refractivity contribution in [2.24, 2.45) is 5.73 Å². The number of piperidine rings is 1. The van der Waals surface area contributed by atoms with Crippen molar-refractivity contribution in [3.8, 4) is 28.8 Å². The molecule has 2 N–H and O–H groups in total. The summed E-state index contributed by atoms with van der Waals surface area (Å²) in [6.45, 7) is 2.59. The van der Waals surface area contributed by atoms with E-state index in [4.69, 9.17) is 10.5 Å². The molecule has 4 rings (SSSR count). The highest BCUT2D eigenvalue weighted by Gasteiger charge is 2.15. The van der Waals surface area contributed by atoms with Crippen LogP contribution >= 0.6 is 0 Å². The van der Waals surface area contributed by atoms with Gasteiger partial charge in [-0.2, -0.15) is 10.4 Å². The zero-order valence-electron chi connectivity index (χ0n) is 16.8. The van der Waals surface area contributed by atoms with Gasteiger partial charge in [0.1, 0.15) is 5.75 Å². The Morgan fingerprint density at radius 2 is 1.93 bits per heavy atom. The summed E-state index contributed by atoms with van der Waals surface area (Å²) >= 11 is 0. The van der Waals surface area contributed by atoms with Gasteiger partial charge in [-0.1, -0.05) is 6.07 Å². The molecule has 0 radical (unpaired) electrons. The topological polar surface area (TPSA) is 101 Å². The van der Waals surface area contributed by atoms with Crippen molar-refractivity contribution < 1.29 is 4.74 Å². The summed E-state index contributed by atoms with van der Waals surface area (Å²) in [4.78, 5) is 6.78. The Morgan fingerprint density at radius 1 is 1.07 bits per heavy atom. The Bertz CT molecular complexity index is 1040. The summed E-state index contributed by atoms with van der Waals surface area (Å²) in [7, 11) is 0. The number of benzene rings is 1. The molecule has 3 aromatic rings. The predicted octanol–water partition coefficient (Wildman–Crippen LogP) is 3.69. The molecule has 0 aliphatic carbocycles. The minimum Gasteiger partial charge on any atom is -0.437 e. The zero-order valence-corrected chi connectivity index (χ0v) is 16.8. The number of nitrogens with two attached hydrogens (primary N) is 1. The molecule has 0 unspecified atom stereocenters. The van der Waals surface area contributed by atoms with Crippen LogP contribution in [0.1, 0.15) is 30.5 Å². The van der Waals surface area contributed by atoms with Gasteiger partial charge in [0.05, 0.1) is 23.5 Å². The Kier molecular flexibility index (Phi) is 6.16. The molecule has 0 spiro atoms. The summed E-state index contributed by atoms with van der Waals surface area (Å²) < 4.78 is 6.12. The Balaban J connectivity index is 1.64. The van der Waals surface area contributed by atoms with Crippen LogP contribution in [0.25, 0.3) is 11.1 Å². The molecule has 0 saturated carbocycles. The van der Waals surface area contributed by atoms with Crippen LogP contribution in [0.3, 0.4) is 0 Å². The SMILES string of the molecule is N#Cc1ccc(-c2ccc(CCN)nc2)c(Oc2cc(N3CCCCC3)cnn2)c1. The quantitative estimate of drug-likeness (QED) is 0.673. The van der Waals surface area contributed by atoms with Crippen LogP contribution in [-0.2, 0) is 6.42 Å². The second-order valence-electron chi connectivity index (χ2n) is 7.30. The molecule has 0 amide bonds. The number of hydrogen-bond acceptors (Lipinski definition) is 7. The molecule has 3 heterocycles. The van der Waals surface area contributed by atoms with E-state index in [1.165, 1.54) is 19.3 Å². The van der Waals surface area contributed by atoms with E-state index in [0.717, 1.165) is 42.0 Å². The van der Waals surface area contributed by atoms with Gasteiger partial charge in [-0.25, -0.2) is 0 Å². The summed E-state index contributed by atoms with van der Waals surface area (Å²) in [5, 5.41) is 17.6. The van der Waals surface area contributed by atoms with E-state index in [2.05, 4.69) is 26.2 Å². The second-order valence-corrected chi connectivity index (χ2v) is 7.30. The average Bonchev–Trinajstić information content (AvgIpc) is 2.81. The number of nitrogens with zero attached hydrogens (tertiary/aromatic N) is 5. The van der Waals surface area contributed by atoms with Crippen molar-refractivity contribution in [3.05, 3.63) is 60.0 Å². The van der Waals surface area contributed by atoms with Crippen LogP contribution in [-0.4, -0.2) is 34.8 Å². The molecule has 1 aliphatic rings. The molecule has 1 fully saturated rings. The Morgan fingerprint density at radius 3 is 2.67 bits per heavy atom. The van der Waals surface area contributed by atoms with Gasteiger partial charge in [0.25, 0.3) is 0 Å². The molecule has 1 saturated heterocycles. The molecular weight excluding hydrogens is 376 g/mol. The first-order chi connectivity index (χ1) is 14.8. The van der Waals surface area contributed by atoms with Crippen LogP contribution in [0, 0.1) is 11.3 Å². The Hall–Kier alpha value is -3.50. The van der Waals surface area contributed by atoms with E-state index >= 15 is 0 Å². The number of pyridine rings is 1. The highest BCUT2D eigenvalue weighted by atomic mass is 16.5. The van der Waals surface area contributed by atoms with E-state index < -0.39 is 0 Å². The van der Waals surface area contributed by atoms with Crippen LogP contribution in [0.2, 0.25) is 0 Å². The Labute approximate surface area is 176 Å². The fourth-order valence-corrected chi connectivity index (χ4v) is 3.62. The number of ether oxygens (including phenoxy) is 1. The molecule has 0 bridgehead atoms. The lowest BCUT2D eigenvalue weighted by atomic mass is 10.0. The fraction of sp³-hybridized carbons (Fsp3) is 0.304. The maximum Gasteiger partial charge on any atom is 0.240 e. The van der Waals surface area contributed by atoms with E-state index in [1.807, 2.05) is 24.3 Å². The summed E-state index contributed by atoms with van der Waals surface area (Å²) in [5.41, 5.74) is 9.81. The maximum absolute atomic E-state index is 9.33. The second kappa shape index (κ2) is 9.33. The lowest BCUT2D eigenvalue weighted by Crippen LogP contribution is -2.29. The minimum atomic E-state index is 0.405. The molecule has 2 aromatic heterocycles. The van der Waals surface area contributed by atoms with E-state index in [-0.39, 0.29) is 0 Å². The van der Waals surface area contributed by atoms with Gasteiger partial charge in [-0.15, -0.1) is 5.10 Å². The lowest BCUT2D eigenvalue weighted by molar-refractivity contribution is 0.456. The van der Waals surface area contributed by atoms with Gasteiger partial charge in [0.15, 0.2) is 0 Å². The first-order valence-corrected chi connectivity index (χ1v) is 10.2. The molecule has 0 atom stereocenters. The van der Waals surface area contributed by atoms with Crippen molar-refractivity contribution in [3.63, 3.8) is 0 Å². The zero-order chi connectivity index (χ0) is 20.8. The minimum absolute atomic E-state index is 0.405. The standard InChI is InChI=1S/C23H24N6O/c24-9-8-19-6-5-18(15-26-19)21-7-4-17(14-25)12-22(21)30-23-13-20(16-27-28-23)29-10-2-1-3-11-29/h4-7,12-13,15-16H,1-3,8-11,24H2. The van der Waals surface area contributed by atoms with Crippen molar-refractivity contribution >= 4 is 5.69 Å². The number of nitriles is 1. The monoisotopic (exact) mass is 400 g/mol. The van der Waals surface area contributed by atoms with Crippen molar-refractivity contribution in [2.45, 2.75) is 25.7 Å². The van der Waals surface area contributed by atoms with E-state index in [9.17, 15) is 5.26 Å². The van der Waals surface area contributed by atoms with Crippen LogP contribution in [0.4, 0.5) is 5.69 Å². The molecule has 152 valence electrons. The van der Waals surface area contributed by atoms with Gasteiger partial charge in [-0.05, 0) is 50.1 Å². The highest BCUT2D eigenvalue weighted by molar-refractivity contribution is 5.71. The summed E-state index contributed by atoms with van der Waals surface area (Å²) in [6, 6.07) is 13.4. The number of hydrogen-bond donors (Lipinski definition) is 1. The predicted molar refractivity (Wildman–Crippen MR) is 115 cm³/mol. The normalized spacial score (nSPS) is 13.7. The molecule has 1 aromatic carbocycles. The molecule has 1 aliphatic heterocycles. The number of anilines is 1. The number of rotatable bonds is 6. The van der Waals surface area contributed by atoms with Crippen LogP contribution < -0.4 is 15.4 Å². The van der Waals surface area contributed by atoms with Crippen molar-refractivity contribution in [2.75, 3.05) is 24.5 Å². The molecule has 7 heteroatoms. The summed E-state index contributed by atoms with van der Waals surface area (Å²) in [6.07, 6.45) is 7.93.